The van der Waals surface area contributed by atoms with Gasteiger partial charge in [-0.1, -0.05) is 17.7 Å². The second-order valence-corrected chi connectivity index (χ2v) is 7.04. The molecule has 0 amide bonds. The van der Waals surface area contributed by atoms with E-state index < -0.39 is 11.6 Å². The maximum absolute atomic E-state index is 13.9. The number of hydrogen-bond acceptors (Lipinski definition) is 3. The van der Waals surface area contributed by atoms with Crippen molar-refractivity contribution in [2.75, 3.05) is 11.4 Å². The third-order valence-corrected chi connectivity index (χ3v) is 5.38. The Bertz CT molecular complexity index is 1050. The van der Waals surface area contributed by atoms with Crippen LogP contribution < -0.4 is 4.90 Å². The summed E-state index contributed by atoms with van der Waals surface area (Å²) >= 11 is 6.26. The average molecular weight is 373 g/mol. The van der Waals surface area contributed by atoms with Gasteiger partial charge in [-0.25, -0.2) is 8.78 Å². The van der Waals surface area contributed by atoms with Crippen LogP contribution in [0.25, 0.3) is 10.9 Å². The van der Waals surface area contributed by atoms with Gasteiger partial charge >= 0.3 is 0 Å². The third-order valence-electron chi connectivity index (χ3n) is 5.08. The number of nitrogens with one attached hydrogen (secondary N) is 1. The van der Waals surface area contributed by atoms with Gasteiger partial charge in [0.2, 0.25) is 0 Å². The molecule has 0 radical (unpaired) electrons. The van der Waals surface area contributed by atoms with Gasteiger partial charge in [-0.2, -0.15) is 5.10 Å². The van der Waals surface area contributed by atoms with Gasteiger partial charge in [0.15, 0.2) is 11.6 Å². The molecule has 0 saturated carbocycles. The fraction of sp³-hybridized carbons (Fsp3) is 0.211. The molecule has 1 N–H and O–H groups in total. The number of benzene rings is 2. The Morgan fingerprint density at radius 1 is 1.15 bits per heavy atom. The number of halogens is 3. The zero-order chi connectivity index (χ0) is 17.8. The predicted octanol–water partition coefficient (Wildman–Crippen LogP) is 4.95. The zero-order valence-electron chi connectivity index (χ0n) is 13.7. The minimum absolute atomic E-state index is 0.144. The number of H-pyrrole nitrogens is 1. The molecule has 1 aromatic heterocycles. The Hall–Kier alpha value is -2.60. The van der Waals surface area contributed by atoms with Crippen molar-refractivity contribution >= 4 is 28.2 Å². The summed E-state index contributed by atoms with van der Waals surface area (Å²) < 4.78 is 27.4. The van der Waals surface area contributed by atoms with Crippen molar-refractivity contribution in [2.45, 2.75) is 19.0 Å². The molecule has 5 rings (SSSR count). The lowest BCUT2D eigenvalue weighted by atomic mass is 10.1. The van der Waals surface area contributed by atoms with E-state index >= 15 is 0 Å². The summed E-state index contributed by atoms with van der Waals surface area (Å²) in [7, 11) is 0. The van der Waals surface area contributed by atoms with E-state index in [9.17, 15) is 8.78 Å². The predicted molar refractivity (Wildman–Crippen MR) is 96.7 cm³/mol. The van der Waals surface area contributed by atoms with Crippen molar-refractivity contribution in [3.8, 4) is 0 Å². The van der Waals surface area contributed by atoms with Crippen molar-refractivity contribution in [1.82, 2.24) is 15.1 Å². The van der Waals surface area contributed by atoms with E-state index in [0.717, 1.165) is 41.9 Å². The first-order chi connectivity index (χ1) is 12.6. The first-order valence-electron chi connectivity index (χ1n) is 8.45. The van der Waals surface area contributed by atoms with Gasteiger partial charge in [-0.3, -0.25) is 5.10 Å². The van der Waals surface area contributed by atoms with E-state index in [2.05, 4.69) is 21.2 Å². The molecule has 0 bridgehead atoms. The smallest absolute Gasteiger partial charge is 0.161 e. The molecule has 1 saturated heterocycles. The average Bonchev–Trinajstić information content (AvgIpc) is 3.32. The molecule has 0 aliphatic carbocycles. The molecular weight excluding hydrogens is 358 g/mol. The minimum atomic E-state index is -0.942. The van der Waals surface area contributed by atoms with Crippen LogP contribution in [0.5, 0.6) is 0 Å². The van der Waals surface area contributed by atoms with Gasteiger partial charge in [0.25, 0.3) is 0 Å². The van der Waals surface area contributed by atoms with Gasteiger partial charge in [0.05, 0.1) is 22.4 Å². The van der Waals surface area contributed by atoms with Crippen LogP contribution >= 0.6 is 11.6 Å². The molecule has 1 fully saturated rings. The third kappa shape index (κ3) is 2.29. The van der Waals surface area contributed by atoms with Crippen molar-refractivity contribution < 1.29 is 8.78 Å². The molecule has 1 unspecified atom stereocenters. The molecule has 132 valence electrons. The molecular formula is C19H15ClF2N4. The molecule has 4 nitrogen and oxygen atoms in total. The molecule has 1 atom stereocenters. The number of aromatic amines is 1. The standard InChI is InChI=1S/C19H15ClF2N4/c20-14-7-15(21)16(22)8-18(14)26-10-13-2-1-5-25(13)19(26)11-3-4-17-12(6-11)9-23-24-17/h3-4,6-10,19H,1-2,5H2,(H,23,24). The Morgan fingerprint density at radius 3 is 2.88 bits per heavy atom. The summed E-state index contributed by atoms with van der Waals surface area (Å²) in [5.74, 6) is -1.85. The molecule has 26 heavy (non-hydrogen) atoms. The highest BCUT2D eigenvalue weighted by Crippen LogP contribution is 2.45. The van der Waals surface area contributed by atoms with E-state index in [0.29, 0.717) is 5.69 Å². The molecule has 7 heteroatoms. The van der Waals surface area contributed by atoms with Gasteiger partial charge in [-0.15, -0.1) is 0 Å². The molecule has 2 aliphatic rings. The molecule has 0 spiro atoms. The Balaban J connectivity index is 1.65. The lowest BCUT2D eigenvalue weighted by Gasteiger charge is -2.33. The summed E-state index contributed by atoms with van der Waals surface area (Å²) in [6.07, 6.45) is 5.67. The quantitative estimate of drug-likeness (QED) is 0.646. The number of rotatable bonds is 2. The highest BCUT2D eigenvalue weighted by Gasteiger charge is 2.37. The van der Waals surface area contributed by atoms with Crippen molar-refractivity contribution in [3.05, 3.63) is 70.6 Å². The summed E-state index contributed by atoms with van der Waals surface area (Å²) in [5, 5.41) is 8.21. The van der Waals surface area contributed by atoms with Gasteiger partial charge in [-0.05, 0) is 36.6 Å². The Labute approximate surface area is 153 Å². The number of allylic oxidation sites excluding steroid dienone is 1. The van der Waals surface area contributed by atoms with Crippen LogP contribution in [0.4, 0.5) is 14.5 Å². The fourth-order valence-electron chi connectivity index (χ4n) is 3.89. The summed E-state index contributed by atoms with van der Waals surface area (Å²) in [4.78, 5) is 4.22. The summed E-state index contributed by atoms with van der Waals surface area (Å²) in [5.41, 5.74) is 3.65. The summed E-state index contributed by atoms with van der Waals surface area (Å²) in [6, 6.07) is 8.28. The van der Waals surface area contributed by atoms with E-state index in [1.54, 1.807) is 6.20 Å². The minimum Gasteiger partial charge on any atom is -0.349 e. The lowest BCUT2D eigenvalue weighted by Crippen LogP contribution is -2.30. The normalized spacial score (nSPS) is 19.3. The van der Waals surface area contributed by atoms with Crippen LogP contribution in [0.1, 0.15) is 24.6 Å². The molecule has 3 heterocycles. The van der Waals surface area contributed by atoms with Gasteiger partial charge in [0.1, 0.15) is 6.17 Å². The number of aromatic nitrogens is 2. The maximum atomic E-state index is 13.9. The van der Waals surface area contributed by atoms with Crippen LogP contribution in [0.3, 0.4) is 0 Å². The van der Waals surface area contributed by atoms with Crippen LogP contribution in [-0.4, -0.2) is 21.6 Å². The van der Waals surface area contributed by atoms with E-state index in [1.165, 1.54) is 11.8 Å². The SMILES string of the molecule is Fc1cc(Cl)c(N2C=C3CCCN3C2c2ccc3[nH]ncc3c2)cc1F. The van der Waals surface area contributed by atoms with E-state index in [-0.39, 0.29) is 11.2 Å². The van der Waals surface area contributed by atoms with E-state index in [1.807, 2.05) is 23.2 Å². The Morgan fingerprint density at radius 2 is 2.00 bits per heavy atom. The van der Waals surface area contributed by atoms with Crippen molar-refractivity contribution in [3.63, 3.8) is 0 Å². The first-order valence-corrected chi connectivity index (χ1v) is 8.83. The van der Waals surface area contributed by atoms with E-state index in [4.69, 9.17) is 11.6 Å². The van der Waals surface area contributed by atoms with Crippen LogP contribution in [-0.2, 0) is 0 Å². The van der Waals surface area contributed by atoms with Crippen LogP contribution in [0, 0.1) is 11.6 Å². The lowest BCUT2D eigenvalue weighted by molar-refractivity contribution is 0.319. The summed E-state index contributed by atoms with van der Waals surface area (Å²) in [6.45, 7) is 0.914. The number of hydrogen-bond donors (Lipinski definition) is 1. The zero-order valence-corrected chi connectivity index (χ0v) is 14.5. The Kier molecular flexibility index (Phi) is 3.43. The second-order valence-electron chi connectivity index (χ2n) is 6.63. The largest absolute Gasteiger partial charge is 0.349 e. The highest BCUT2D eigenvalue weighted by molar-refractivity contribution is 6.33. The number of anilines is 1. The molecule has 2 aliphatic heterocycles. The fourth-order valence-corrected chi connectivity index (χ4v) is 4.14. The van der Waals surface area contributed by atoms with Crippen molar-refractivity contribution in [1.29, 1.82) is 0 Å². The van der Waals surface area contributed by atoms with Crippen LogP contribution in [0.15, 0.2) is 48.4 Å². The topological polar surface area (TPSA) is 35.2 Å². The number of fused-ring (bicyclic) bond motifs is 2. The maximum Gasteiger partial charge on any atom is 0.161 e. The molecule has 3 aromatic rings. The van der Waals surface area contributed by atoms with Crippen LogP contribution in [0.2, 0.25) is 5.02 Å². The second kappa shape index (κ2) is 5.71. The monoisotopic (exact) mass is 372 g/mol. The van der Waals surface area contributed by atoms with Crippen molar-refractivity contribution in [2.24, 2.45) is 0 Å². The first kappa shape index (κ1) is 15.6. The van der Waals surface area contributed by atoms with Gasteiger partial charge in [0, 0.05) is 29.9 Å². The van der Waals surface area contributed by atoms with Gasteiger partial charge < -0.3 is 9.80 Å². The molecule has 2 aromatic carbocycles. The highest BCUT2D eigenvalue weighted by atomic mass is 35.5. The number of nitrogens with zero attached hydrogens (tertiary/aromatic N) is 3.